The molecular formula is C20H19N5O4S. The fraction of sp³-hybridized carbons (Fsp3) is 0.250. The van der Waals surface area contributed by atoms with Crippen LogP contribution in [0.2, 0.25) is 0 Å². The maximum Gasteiger partial charge on any atom is 0.410 e. The predicted molar refractivity (Wildman–Crippen MR) is 111 cm³/mol. The van der Waals surface area contributed by atoms with Crippen molar-refractivity contribution in [3.8, 4) is 0 Å². The van der Waals surface area contributed by atoms with Gasteiger partial charge in [-0.2, -0.15) is 0 Å². The van der Waals surface area contributed by atoms with Crippen molar-refractivity contribution >= 4 is 45.3 Å². The topological polar surface area (TPSA) is 128 Å². The van der Waals surface area contributed by atoms with Gasteiger partial charge in [0.15, 0.2) is 0 Å². The highest BCUT2D eigenvalue weighted by Gasteiger charge is 2.30. The zero-order valence-electron chi connectivity index (χ0n) is 16.2. The van der Waals surface area contributed by atoms with Crippen LogP contribution < -0.4 is 11.1 Å². The summed E-state index contributed by atoms with van der Waals surface area (Å²) in [6.07, 6.45) is 1.43. The molecule has 3 N–H and O–H groups in total. The van der Waals surface area contributed by atoms with Gasteiger partial charge in [-0.05, 0) is 31.0 Å². The first-order chi connectivity index (χ1) is 14.5. The molecule has 10 heteroatoms. The predicted octanol–water partition coefficient (Wildman–Crippen LogP) is 2.56. The monoisotopic (exact) mass is 425 g/mol. The van der Waals surface area contributed by atoms with Gasteiger partial charge in [-0.1, -0.05) is 12.1 Å². The molecule has 0 fully saturated rings. The molecular weight excluding hydrogens is 406 g/mol. The number of rotatable bonds is 4. The molecule has 1 aromatic carbocycles. The number of carbonyl (C=O) groups is 3. The van der Waals surface area contributed by atoms with Crippen molar-refractivity contribution in [3.05, 3.63) is 52.2 Å². The van der Waals surface area contributed by atoms with Crippen molar-refractivity contribution < 1.29 is 19.1 Å². The zero-order valence-corrected chi connectivity index (χ0v) is 17.0. The fourth-order valence-corrected chi connectivity index (χ4v) is 4.62. The standard InChI is InChI=1S/C20H19N5O4S/c1-2-29-20(28)25-8-7-11-15(10-25)30-19(16(11)17(21)26)24-18(27)14-9-22-12-5-3-4-6-13(12)23-14/h3-6,9H,2,7-8,10H2,1H3,(H2,21,26)(H,24,27). The average Bonchev–Trinajstić information content (AvgIpc) is 3.10. The summed E-state index contributed by atoms with van der Waals surface area (Å²) in [5.74, 6) is -1.12. The molecule has 0 unspecified atom stereocenters. The van der Waals surface area contributed by atoms with E-state index >= 15 is 0 Å². The molecule has 154 valence electrons. The van der Waals surface area contributed by atoms with E-state index in [9.17, 15) is 14.4 Å². The Morgan fingerprint density at radius 1 is 1.27 bits per heavy atom. The summed E-state index contributed by atoms with van der Waals surface area (Å²) in [6.45, 7) is 2.73. The van der Waals surface area contributed by atoms with Crippen LogP contribution >= 0.6 is 11.3 Å². The van der Waals surface area contributed by atoms with Gasteiger partial charge in [0.25, 0.3) is 11.8 Å². The number of hydrogen-bond acceptors (Lipinski definition) is 7. The van der Waals surface area contributed by atoms with Crippen LogP contribution in [0.3, 0.4) is 0 Å². The van der Waals surface area contributed by atoms with Gasteiger partial charge in [0.2, 0.25) is 0 Å². The van der Waals surface area contributed by atoms with Gasteiger partial charge in [0, 0.05) is 11.4 Å². The highest BCUT2D eigenvalue weighted by atomic mass is 32.1. The van der Waals surface area contributed by atoms with Crippen molar-refractivity contribution in [1.29, 1.82) is 0 Å². The molecule has 0 saturated carbocycles. The van der Waals surface area contributed by atoms with E-state index in [4.69, 9.17) is 10.5 Å². The van der Waals surface area contributed by atoms with E-state index in [0.717, 1.165) is 10.4 Å². The largest absolute Gasteiger partial charge is 0.450 e. The van der Waals surface area contributed by atoms with Crippen LogP contribution in [0.1, 0.15) is 38.2 Å². The van der Waals surface area contributed by atoms with Crippen LogP contribution in [-0.2, 0) is 17.7 Å². The molecule has 1 aliphatic rings. The van der Waals surface area contributed by atoms with Crippen LogP contribution in [0, 0.1) is 0 Å². The maximum absolute atomic E-state index is 12.8. The fourth-order valence-electron chi connectivity index (χ4n) is 3.36. The molecule has 9 nitrogen and oxygen atoms in total. The molecule has 0 radical (unpaired) electrons. The molecule has 3 amide bonds. The van der Waals surface area contributed by atoms with Crippen LogP contribution in [0.15, 0.2) is 30.5 Å². The van der Waals surface area contributed by atoms with Gasteiger partial charge in [0.1, 0.15) is 10.7 Å². The SMILES string of the molecule is CCOC(=O)N1CCc2c(sc(NC(=O)c3cnc4ccccc4n3)c2C(N)=O)C1. The summed E-state index contributed by atoms with van der Waals surface area (Å²) in [6, 6.07) is 7.22. The molecule has 0 bridgehead atoms. The summed E-state index contributed by atoms with van der Waals surface area (Å²) < 4.78 is 5.05. The molecule has 1 aliphatic heterocycles. The minimum absolute atomic E-state index is 0.128. The van der Waals surface area contributed by atoms with Crippen LogP contribution in [0.4, 0.5) is 9.80 Å². The van der Waals surface area contributed by atoms with Gasteiger partial charge in [-0.25, -0.2) is 9.78 Å². The summed E-state index contributed by atoms with van der Waals surface area (Å²) >= 11 is 1.23. The number of hydrogen-bond donors (Lipinski definition) is 2. The first-order valence-electron chi connectivity index (χ1n) is 9.37. The molecule has 0 saturated heterocycles. The van der Waals surface area contributed by atoms with E-state index in [1.54, 1.807) is 24.0 Å². The third-order valence-corrected chi connectivity index (χ3v) is 5.87. The van der Waals surface area contributed by atoms with Crippen molar-refractivity contribution in [2.24, 2.45) is 5.73 Å². The van der Waals surface area contributed by atoms with Crippen molar-refractivity contribution in [2.45, 2.75) is 19.9 Å². The van der Waals surface area contributed by atoms with E-state index in [-0.39, 0.29) is 17.9 Å². The number of anilines is 1. The van der Waals surface area contributed by atoms with E-state index in [1.807, 2.05) is 12.1 Å². The molecule has 2 aromatic heterocycles. The lowest BCUT2D eigenvalue weighted by atomic mass is 10.0. The van der Waals surface area contributed by atoms with Crippen molar-refractivity contribution in [1.82, 2.24) is 14.9 Å². The lowest BCUT2D eigenvalue weighted by molar-refractivity contribution is 0.0997. The Morgan fingerprint density at radius 3 is 2.77 bits per heavy atom. The summed E-state index contributed by atoms with van der Waals surface area (Å²) in [4.78, 5) is 47.8. The number of nitrogens with one attached hydrogen (secondary N) is 1. The molecule has 3 heterocycles. The number of fused-ring (bicyclic) bond motifs is 2. The van der Waals surface area contributed by atoms with Gasteiger partial charge >= 0.3 is 6.09 Å². The number of benzene rings is 1. The second-order valence-electron chi connectivity index (χ2n) is 6.64. The van der Waals surface area contributed by atoms with E-state index < -0.39 is 17.9 Å². The summed E-state index contributed by atoms with van der Waals surface area (Å²) in [5, 5.41) is 3.09. The maximum atomic E-state index is 12.8. The van der Waals surface area contributed by atoms with Gasteiger partial charge in [-0.15, -0.1) is 11.3 Å². The van der Waals surface area contributed by atoms with Gasteiger partial charge < -0.3 is 20.7 Å². The molecule has 30 heavy (non-hydrogen) atoms. The normalized spacial score (nSPS) is 13.0. The number of amides is 3. The molecule has 0 atom stereocenters. The van der Waals surface area contributed by atoms with E-state index in [1.165, 1.54) is 17.5 Å². The Kier molecular flexibility index (Phi) is 5.32. The number of nitrogens with two attached hydrogens (primary N) is 1. The smallest absolute Gasteiger partial charge is 0.410 e. The number of thiophene rings is 1. The highest BCUT2D eigenvalue weighted by Crippen LogP contribution is 2.37. The Morgan fingerprint density at radius 2 is 2.03 bits per heavy atom. The number of nitrogens with zero attached hydrogens (tertiary/aromatic N) is 3. The van der Waals surface area contributed by atoms with Crippen LogP contribution in [0.25, 0.3) is 11.0 Å². The number of para-hydroxylation sites is 2. The lowest BCUT2D eigenvalue weighted by Crippen LogP contribution is -2.36. The second kappa shape index (κ2) is 8.07. The zero-order chi connectivity index (χ0) is 21.3. The third kappa shape index (κ3) is 3.69. The number of primary amides is 1. The highest BCUT2D eigenvalue weighted by molar-refractivity contribution is 7.17. The first-order valence-corrected chi connectivity index (χ1v) is 10.2. The Balaban J connectivity index is 1.61. The first kappa shape index (κ1) is 19.8. The quantitative estimate of drug-likeness (QED) is 0.661. The Bertz CT molecular complexity index is 1160. The molecule has 0 spiro atoms. The second-order valence-corrected chi connectivity index (χ2v) is 7.75. The Hall–Kier alpha value is -3.53. The van der Waals surface area contributed by atoms with Gasteiger partial charge in [-0.3, -0.25) is 14.6 Å². The minimum atomic E-state index is -0.628. The molecule has 0 aliphatic carbocycles. The van der Waals surface area contributed by atoms with E-state index in [0.29, 0.717) is 35.5 Å². The molecule has 3 aromatic rings. The van der Waals surface area contributed by atoms with Crippen molar-refractivity contribution in [2.75, 3.05) is 18.5 Å². The Labute approximate surface area is 175 Å². The average molecular weight is 425 g/mol. The number of carbonyl (C=O) groups excluding carboxylic acids is 3. The number of ether oxygens (including phenoxy) is 1. The third-order valence-electron chi connectivity index (χ3n) is 4.74. The van der Waals surface area contributed by atoms with Crippen LogP contribution in [0.5, 0.6) is 0 Å². The van der Waals surface area contributed by atoms with E-state index in [2.05, 4.69) is 15.3 Å². The number of aromatic nitrogens is 2. The lowest BCUT2D eigenvalue weighted by Gasteiger charge is -2.26. The van der Waals surface area contributed by atoms with Crippen molar-refractivity contribution in [3.63, 3.8) is 0 Å². The van der Waals surface area contributed by atoms with Gasteiger partial charge in [0.05, 0.1) is 35.9 Å². The molecule has 4 rings (SSSR count). The summed E-state index contributed by atoms with van der Waals surface area (Å²) in [7, 11) is 0. The van der Waals surface area contributed by atoms with Crippen LogP contribution in [-0.4, -0.2) is 45.9 Å². The minimum Gasteiger partial charge on any atom is -0.450 e. The summed E-state index contributed by atoms with van der Waals surface area (Å²) in [5.41, 5.74) is 8.03.